The van der Waals surface area contributed by atoms with Crippen molar-refractivity contribution in [2.45, 2.75) is 0 Å². The summed E-state index contributed by atoms with van der Waals surface area (Å²) in [6.45, 7) is 0. The fourth-order valence-corrected chi connectivity index (χ4v) is 3.90. The molecule has 0 saturated heterocycles. The lowest BCUT2D eigenvalue weighted by Crippen LogP contribution is -2.23. The average Bonchev–Trinajstić information content (AvgIpc) is 2.76. The second kappa shape index (κ2) is 5.91. The molecule has 30 heavy (non-hydrogen) atoms. The van der Waals surface area contributed by atoms with Crippen molar-refractivity contribution in [1.29, 1.82) is 10.5 Å². The zero-order valence-electron chi connectivity index (χ0n) is 15.4. The summed E-state index contributed by atoms with van der Waals surface area (Å²) >= 11 is 0. The molecule has 0 radical (unpaired) electrons. The highest BCUT2D eigenvalue weighted by molar-refractivity contribution is 5.99. The molecule has 0 atom stereocenters. The Balaban J connectivity index is 1.55. The van der Waals surface area contributed by atoms with Crippen LogP contribution in [0, 0.1) is 22.7 Å². The third-order valence-corrected chi connectivity index (χ3v) is 5.11. The summed E-state index contributed by atoms with van der Waals surface area (Å²) in [6, 6.07) is 18.9. The van der Waals surface area contributed by atoms with E-state index in [1.165, 1.54) is 6.08 Å². The van der Waals surface area contributed by atoms with Crippen LogP contribution >= 0.6 is 0 Å². The lowest BCUT2D eigenvalue weighted by atomic mass is 10.0. The largest absolute Gasteiger partial charge is 0.453 e. The Morgan fingerprint density at radius 3 is 1.70 bits per heavy atom. The number of ether oxygens (including phenoxy) is 3. The standard InChI is InChI=1S/C24H11N3O3/c25-12-15(13-26)5-1-4-14-10-20-24-21(11-14)30-19-9-3-7-17-23(19)27(24)22-16(28-17)6-2-8-18(22)29-20/h1-11H/b4-1+. The lowest BCUT2D eigenvalue weighted by molar-refractivity contribution is 0.418. The zero-order chi connectivity index (χ0) is 20.2. The Labute approximate surface area is 171 Å². The van der Waals surface area contributed by atoms with Crippen LogP contribution in [-0.4, -0.2) is 0 Å². The highest BCUT2D eigenvalue weighted by atomic mass is 16.5. The van der Waals surface area contributed by atoms with Crippen LogP contribution in [0.3, 0.4) is 0 Å². The van der Waals surface area contributed by atoms with E-state index in [0.717, 1.165) is 34.1 Å². The Morgan fingerprint density at radius 2 is 1.20 bits per heavy atom. The second-order valence-corrected chi connectivity index (χ2v) is 6.88. The van der Waals surface area contributed by atoms with E-state index < -0.39 is 0 Å². The van der Waals surface area contributed by atoms with Crippen molar-refractivity contribution < 1.29 is 14.2 Å². The molecule has 0 amide bonds. The van der Waals surface area contributed by atoms with E-state index >= 15 is 0 Å². The first-order valence-electron chi connectivity index (χ1n) is 9.23. The molecule has 3 aromatic rings. The van der Waals surface area contributed by atoms with Crippen molar-refractivity contribution in [3.05, 3.63) is 71.8 Å². The molecule has 3 aliphatic rings. The first kappa shape index (κ1) is 16.3. The molecular weight excluding hydrogens is 378 g/mol. The molecule has 6 nitrogen and oxygen atoms in total. The Kier molecular flexibility index (Phi) is 3.21. The van der Waals surface area contributed by atoms with Crippen molar-refractivity contribution in [3.63, 3.8) is 0 Å². The third-order valence-electron chi connectivity index (χ3n) is 5.11. The van der Waals surface area contributed by atoms with E-state index in [0.29, 0.717) is 23.0 Å². The fourth-order valence-electron chi connectivity index (χ4n) is 3.90. The molecule has 0 spiro atoms. The monoisotopic (exact) mass is 389 g/mol. The van der Waals surface area contributed by atoms with Crippen LogP contribution in [-0.2, 0) is 0 Å². The molecule has 0 unspecified atom stereocenters. The Morgan fingerprint density at radius 1 is 0.733 bits per heavy atom. The van der Waals surface area contributed by atoms with E-state index in [1.54, 1.807) is 12.2 Å². The van der Waals surface area contributed by atoms with Crippen LogP contribution < -0.4 is 19.1 Å². The van der Waals surface area contributed by atoms with Crippen LogP contribution in [0.25, 0.3) is 6.08 Å². The predicted molar refractivity (Wildman–Crippen MR) is 110 cm³/mol. The van der Waals surface area contributed by atoms with Crippen LogP contribution in [0.2, 0.25) is 0 Å². The van der Waals surface area contributed by atoms with E-state index in [9.17, 15) is 0 Å². The van der Waals surface area contributed by atoms with Crippen LogP contribution in [0.1, 0.15) is 5.56 Å². The number of hydrogen-bond acceptors (Lipinski definition) is 6. The van der Waals surface area contributed by atoms with Crippen LogP contribution in [0.15, 0.2) is 66.3 Å². The van der Waals surface area contributed by atoms with Gasteiger partial charge in [0.15, 0.2) is 34.5 Å². The van der Waals surface area contributed by atoms with Crippen LogP contribution in [0.5, 0.6) is 34.5 Å². The van der Waals surface area contributed by atoms with Gasteiger partial charge in [-0.2, -0.15) is 10.5 Å². The number of para-hydroxylation sites is 2. The number of hydrogen-bond donors (Lipinski definition) is 0. The van der Waals surface area contributed by atoms with E-state index in [4.69, 9.17) is 24.7 Å². The normalized spacial score (nSPS) is 13.2. The van der Waals surface area contributed by atoms with E-state index in [2.05, 4.69) is 4.90 Å². The van der Waals surface area contributed by atoms with Gasteiger partial charge in [-0.25, -0.2) is 0 Å². The first-order valence-corrected chi connectivity index (χ1v) is 9.23. The van der Waals surface area contributed by atoms with Crippen molar-refractivity contribution in [3.8, 4) is 46.6 Å². The topological polar surface area (TPSA) is 78.5 Å². The van der Waals surface area contributed by atoms with Gasteiger partial charge in [0.25, 0.3) is 0 Å². The first-order chi connectivity index (χ1) is 14.8. The minimum absolute atomic E-state index is 0.0364. The van der Waals surface area contributed by atoms with Gasteiger partial charge in [0, 0.05) is 0 Å². The maximum absolute atomic E-state index is 8.88. The lowest BCUT2D eigenvalue weighted by Gasteiger charge is -2.41. The van der Waals surface area contributed by atoms with Gasteiger partial charge in [-0.1, -0.05) is 24.3 Å². The number of allylic oxidation sites excluding steroid dienone is 3. The molecule has 0 aliphatic carbocycles. The minimum Gasteiger partial charge on any atom is -0.453 e. The highest BCUT2D eigenvalue weighted by Crippen LogP contribution is 2.66. The van der Waals surface area contributed by atoms with Crippen molar-refractivity contribution in [1.82, 2.24) is 0 Å². The number of anilines is 3. The molecular formula is C24H11N3O3. The summed E-state index contributed by atoms with van der Waals surface area (Å²) in [7, 11) is 0. The van der Waals surface area contributed by atoms with Gasteiger partial charge in [-0.3, -0.25) is 4.90 Å². The molecule has 140 valence electrons. The number of nitrogens with zero attached hydrogens (tertiary/aromatic N) is 3. The second-order valence-electron chi connectivity index (χ2n) is 6.88. The van der Waals surface area contributed by atoms with Gasteiger partial charge in [0.2, 0.25) is 0 Å². The molecule has 6 heteroatoms. The van der Waals surface area contributed by atoms with Gasteiger partial charge in [-0.15, -0.1) is 0 Å². The molecule has 0 saturated carbocycles. The van der Waals surface area contributed by atoms with Gasteiger partial charge < -0.3 is 14.2 Å². The van der Waals surface area contributed by atoms with Crippen LogP contribution in [0.4, 0.5) is 17.1 Å². The SMILES string of the molecule is N#CC(C#N)=C/C=C/c1cc2c3c(c1)Oc1cccc4c1N3c1c(cccc1O2)O4. The summed E-state index contributed by atoms with van der Waals surface area (Å²) in [5.74, 6) is 4.17. The molecule has 0 bridgehead atoms. The molecule has 6 rings (SSSR count). The van der Waals surface area contributed by atoms with Gasteiger partial charge in [-0.05, 0) is 48.0 Å². The molecule has 3 aliphatic heterocycles. The third kappa shape index (κ3) is 2.16. The number of nitriles is 2. The molecule has 0 fully saturated rings. The van der Waals surface area contributed by atoms with E-state index in [-0.39, 0.29) is 5.57 Å². The van der Waals surface area contributed by atoms with Gasteiger partial charge in [0.1, 0.15) is 34.8 Å². The van der Waals surface area contributed by atoms with E-state index in [1.807, 2.05) is 60.7 Å². The van der Waals surface area contributed by atoms with Gasteiger partial charge >= 0.3 is 0 Å². The zero-order valence-corrected chi connectivity index (χ0v) is 15.4. The summed E-state index contributed by atoms with van der Waals surface area (Å²) in [6.07, 6.45) is 4.93. The predicted octanol–water partition coefficient (Wildman–Crippen LogP) is 6.46. The molecule has 3 heterocycles. The minimum atomic E-state index is 0.0364. The quantitative estimate of drug-likeness (QED) is 0.250. The molecule has 0 aromatic heterocycles. The number of benzene rings is 3. The maximum Gasteiger partial charge on any atom is 0.156 e. The van der Waals surface area contributed by atoms with Crippen molar-refractivity contribution in [2.24, 2.45) is 0 Å². The molecule has 0 N–H and O–H groups in total. The Hall–Kier alpha value is -4.68. The van der Waals surface area contributed by atoms with Crippen molar-refractivity contribution >= 4 is 23.1 Å². The summed E-state index contributed by atoms with van der Waals surface area (Å²) in [5, 5.41) is 17.8. The summed E-state index contributed by atoms with van der Waals surface area (Å²) in [5.41, 5.74) is 3.39. The Bertz CT molecular complexity index is 1310. The van der Waals surface area contributed by atoms with Crippen molar-refractivity contribution in [2.75, 3.05) is 4.90 Å². The van der Waals surface area contributed by atoms with Gasteiger partial charge in [0.05, 0.1) is 0 Å². The summed E-state index contributed by atoms with van der Waals surface area (Å²) in [4.78, 5) is 2.13. The highest BCUT2D eigenvalue weighted by Gasteiger charge is 2.41. The smallest absolute Gasteiger partial charge is 0.156 e. The fraction of sp³-hybridized carbons (Fsp3) is 0. The molecule has 3 aromatic carbocycles. The summed E-state index contributed by atoms with van der Waals surface area (Å²) < 4.78 is 18.5. The number of rotatable bonds is 2. The average molecular weight is 389 g/mol. The maximum atomic E-state index is 8.88.